The lowest BCUT2D eigenvalue weighted by Gasteiger charge is -2.34. The standard InChI is InChI=1S/C12H18ClNS/c1-14(9-10-7-11(13)8-10)5-4-12-3-2-6-15-12/h2-3,6,10-11H,4-5,7-9H2,1H3. The summed E-state index contributed by atoms with van der Waals surface area (Å²) in [6.07, 6.45) is 3.61. The first-order valence-corrected chi connectivity index (χ1v) is 6.90. The highest BCUT2D eigenvalue weighted by atomic mass is 35.5. The van der Waals surface area contributed by atoms with Gasteiger partial charge in [0.25, 0.3) is 0 Å². The van der Waals surface area contributed by atoms with Crippen molar-refractivity contribution in [2.45, 2.75) is 24.6 Å². The van der Waals surface area contributed by atoms with E-state index in [1.165, 1.54) is 37.2 Å². The second-order valence-corrected chi connectivity index (χ2v) is 6.18. The molecular weight excluding hydrogens is 226 g/mol. The van der Waals surface area contributed by atoms with Crippen LogP contribution in [0.1, 0.15) is 17.7 Å². The average molecular weight is 244 g/mol. The Morgan fingerprint density at radius 2 is 2.33 bits per heavy atom. The predicted octanol–water partition coefficient (Wildman–Crippen LogP) is 3.24. The van der Waals surface area contributed by atoms with E-state index in [4.69, 9.17) is 11.6 Å². The Labute approximate surface area is 101 Å². The lowest BCUT2D eigenvalue weighted by Crippen LogP contribution is -2.35. The maximum atomic E-state index is 5.97. The van der Waals surface area contributed by atoms with Crippen molar-refractivity contribution in [3.8, 4) is 0 Å². The molecule has 1 aliphatic rings. The van der Waals surface area contributed by atoms with Gasteiger partial charge in [-0.2, -0.15) is 0 Å². The van der Waals surface area contributed by atoms with Gasteiger partial charge in [-0.05, 0) is 43.7 Å². The summed E-state index contributed by atoms with van der Waals surface area (Å²) in [5.41, 5.74) is 0. The molecule has 1 fully saturated rings. The first-order valence-electron chi connectivity index (χ1n) is 5.59. The van der Waals surface area contributed by atoms with E-state index in [9.17, 15) is 0 Å². The molecule has 84 valence electrons. The topological polar surface area (TPSA) is 3.24 Å². The summed E-state index contributed by atoms with van der Waals surface area (Å²) in [7, 11) is 2.22. The van der Waals surface area contributed by atoms with Gasteiger partial charge >= 0.3 is 0 Å². The van der Waals surface area contributed by atoms with Crippen molar-refractivity contribution in [1.82, 2.24) is 4.90 Å². The van der Waals surface area contributed by atoms with Crippen LogP contribution < -0.4 is 0 Å². The van der Waals surface area contributed by atoms with Gasteiger partial charge in [0.05, 0.1) is 0 Å². The highest BCUT2D eigenvalue weighted by Gasteiger charge is 2.27. The molecule has 1 heterocycles. The van der Waals surface area contributed by atoms with E-state index in [1.807, 2.05) is 11.3 Å². The Morgan fingerprint density at radius 3 is 2.93 bits per heavy atom. The molecule has 0 atom stereocenters. The van der Waals surface area contributed by atoms with Crippen LogP contribution >= 0.6 is 22.9 Å². The van der Waals surface area contributed by atoms with Crippen LogP contribution in [0.5, 0.6) is 0 Å². The largest absolute Gasteiger partial charge is 0.306 e. The number of alkyl halides is 1. The van der Waals surface area contributed by atoms with Gasteiger partial charge in [-0.15, -0.1) is 22.9 Å². The normalized spacial score (nSPS) is 25.5. The molecule has 0 bridgehead atoms. The third-order valence-corrected chi connectivity index (χ3v) is 4.36. The van der Waals surface area contributed by atoms with Gasteiger partial charge < -0.3 is 4.90 Å². The Balaban J connectivity index is 1.62. The first-order chi connectivity index (χ1) is 7.24. The van der Waals surface area contributed by atoms with E-state index in [2.05, 4.69) is 29.5 Å². The lowest BCUT2D eigenvalue weighted by molar-refractivity contribution is 0.211. The molecule has 0 radical (unpaired) electrons. The minimum atomic E-state index is 0.459. The van der Waals surface area contributed by atoms with Crippen LogP contribution in [0, 0.1) is 5.92 Å². The van der Waals surface area contributed by atoms with E-state index in [-0.39, 0.29) is 0 Å². The number of halogens is 1. The van der Waals surface area contributed by atoms with Crippen LogP contribution in [0.4, 0.5) is 0 Å². The maximum Gasteiger partial charge on any atom is 0.0342 e. The average Bonchev–Trinajstić information content (AvgIpc) is 2.65. The quantitative estimate of drug-likeness (QED) is 0.718. The molecule has 0 aliphatic heterocycles. The summed E-state index contributed by atoms with van der Waals surface area (Å²) in [4.78, 5) is 3.93. The summed E-state index contributed by atoms with van der Waals surface area (Å²) >= 11 is 7.82. The molecule has 0 N–H and O–H groups in total. The zero-order valence-electron chi connectivity index (χ0n) is 9.16. The number of hydrogen-bond acceptors (Lipinski definition) is 2. The van der Waals surface area contributed by atoms with Crippen LogP contribution in [0.25, 0.3) is 0 Å². The zero-order valence-corrected chi connectivity index (χ0v) is 10.7. The molecule has 2 rings (SSSR count). The molecule has 3 heteroatoms. The predicted molar refractivity (Wildman–Crippen MR) is 67.9 cm³/mol. The zero-order chi connectivity index (χ0) is 10.7. The lowest BCUT2D eigenvalue weighted by atomic mass is 9.84. The molecular formula is C12H18ClNS. The third kappa shape index (κ3) is 3.47. The molecule has 0 spiro atoms. The summed E-state index contributed by atoms with van der Waals surface area (Å²) in [5, 5.41) is 2.61. The van der Waals surface area contributed by atoms with Crippen LogP contribution in [-0.2, 0) is 6.42 Å². The molecule has 0 saturated heterocycles. The fraction of sp³-hybridized carbons (Fsp3) is 0.667. The van der Waals surface area contributed by atoms with Crippen molar-refractivity contribution in [3.63, 3.8) is 0 Å². The SMILES string of the molecule is CN(CCc1cccs1)CC1CC(Cl)C1. The number of nitrogens with zero attached hydrogens (tertiary/aromatic N) is 1. The minimum absolute atomic E-state index is 0.459. The van der Waals surface area contributed by atoms with Gasteiger partial charge in [0.15, 0.2) is 0 Å². The van der Waals surface area contributed by atoms with Crippen LogP contribution in [0.15, 0.2) is 17.5 Å². The summed E-state index contributed by atoms with van der Waals surface area (Å²) in [6, 6.07) is 4.35. The Morgan fingerprint density at radius 1 is 1.53 bits per heavy atom. The summed E-state index contributed by atoms with van der Waals surface area (Å²) in [5.74, 6) is 0.848. The molecule has 15 heavy (non-hydrogen) atoms. The Hall–Kier alpha value is -0.0500. The third-order valence-electron chi connectivity index (χ3n) is 3.07. The van der Waals surface area contributed by atoms with Crippen LogP contribution in [0.2, 0.25) is 0 Å². The van der Waals surface area contributed by atoms with Gasteiger partial charge in [0.1, 0.15) is 0 Å². The maximum absolute atomic E-state index is 5.97. The van der Waals surface area contributed by atoms with Crippen LogP contribution in [0.3, 0.4) is 0 Å². The Bertz CT molecular complexity index is 280. The molecule has 0 unspecified atom stereocenters. The second kappa shape index (κ2) is 5.33. The monoisotopic (exact) mass is 243 g/mol. The number of thiophene rings is 1. The minimum Gasteiger partial charge on any atom is -0.306 e. The van der Waals surface area contributed by atoms with E-state index in [0.717, 1.165) is 5.92 Å². The molecule has 1 aliphatic carbocycles. The number of rotatable bonds is 5. The molecule has 0 aromatic carbocycles. The van der Waals surface area contributed by atoms with Crippen LogP contribution in [-0.4, -0.2) is 30.4 Å². The molecule has 1 nitrogen and oxygen atoms in total. The summed E-state index contributed by atoms with van der Waals surface area (Å²) in [6.45, 7) is 2.39. The summed E-state index contributed by atoms with van der Waals surface area (Å²) < 4.78 is 0. The smallest absolute Gasteiger partial charge is 0.0342 e. The highest BCUT2D eigenvalue weighted by Crippen LogP contribution is 2.32. The van der Waals surface area contributed by atoms with E-state index >= 15 is 0 Å². The number of likely N-dealkylation sites (N-methyl/N-ethyl adjacent to an activating group) is 1. The molecule has 1 aromatic rings. The van der Waals surface area contributed by atoms with Gasteiger partial charge in [-0.25, -0.2) is 0 Å². The second-order valence-electron chi connectivity index (χ2n) is 4.53. The Kier molecular flexibility index (Phi) is 4.06. The van der Waals surface area contributed by atoms with Gasteiger partial charge in [0.2, 0.25) is 0 Å². The van der Waals surface area contributed by atoms with Gasteiger partial charge in [0, 0.05) is 23.3 Å². The van der Waals surface area contributed by atoms with Crippen molar-refractivity contribution < 1.29 is 0 Å². The first kappa shape index (κ1) is 11.4. The van der Waals surface area contributed by atoms with Gasteiger partial charge in [-0.1, -0.05) is 6.07 Å². The van der Waals surface area contributed by atoms with E-state index < -0.39 is 0 Å². The van der Waals surface area contributed by atoms with Gasteiger partial charge in [-0.3, -0.25) is 0 Å². The highest BCUT2D eigenvalue weighted by molar-refractivity contribution is 7.09. The van der Waals surface area contributed by atoms with E-state index in [1.54, 1.807) is 0 Å². The van der Waals surface area contributed by atoms with Crippen molar-refractivity contribution in [1.29, 1.82) is 0 Å². The van der Waals surface area contributed by atoms with Crippen molar-refractivity contribution in [3.05, 3.63) is 22.4 Å². The van der Waals surface area contributed by atoms with Crippen molar-refractivity contribution >= 4 is 22.9 Å². The molecule has 0 amide bonds. The molecule has 1 aromatic heterocycles. The van der Waals surface area contributed by atoms with Crippen molar-refractivity contribution in [2.24, 2.45) is 5.92 Å². The number of hydrogen-bond donors (Lipinski definition) is 0. The fourth-order valence-electron chi connectivity index (χ4n) is 2.09. The molecule has 1 saturated carbocycles. The van der Waals surface area contributed by atoms with Crippen molar-refractivity contribution in [2.75, 3.05) is 20.1 Å². The fourth-order valence-corrected chi connectivity index (χ4v) is 3.29. The van der Waals surface area contributed by atoms with E-state index in [0.29, 0.717) is 5.38 Å².